The summed E-state index contributed by atoms with van der Waals surface area (Å²) in [6, 6.07) is 8.27. The van der Waals surface area contributed by atoms with Crippen molar-refractivity contribution in [3.63, 3.8) is 0 Å². The SMILES string of the molecule is Cc1ccc(-c2nc3c(o2)CNCC3)cc1. The first-order chi connectivity index (χ1) is 7.83. The summed E-state index contributed by atoms with van der Waals surface area (Å²) in [5.41, 5.74) is 3.41. The predicted molar refractivity (Wildman–Crippen MR) is 62.1 cm³/mol. The van der Waals surface area contributed by atoms with Crippen LogP contribution in [0.3, 0.4) is 0 Å². The van der Waals surface area contributed by atoms with Crippen LogP contribution in [0, 0.1) is 6.92 Å². The Bertz CT molecular complexity index is 476. The lowest BCUT2D eigenvalue weighted by Gasteiger charge is -2.08. The Kier molecular flexibility index (Phi) is 2.26. The van der Waals surface area contributed by atoms with Crippen LogP contribution in [-0.2, 0) is 13.0 Å². The predicted octanol–water partition coefficient (Wildman–Crippen LogP) is 2.30. The molecule has 0 amide bonds. The summed E-state index contributed by atoms with van der Waals surface area (Å²) in [6.45, 7) is 3.87. The fourth-order valence-corrected chi connectivity index (χ4v) is 1.95. The molecule has 16 heavy (non-hydrogen) atoms. The molecule has 0 bridgehead atoms. The molecule has 0 aliphatic carbocycles. The van der Waals surface area contributed by atoms with Gasteiger partial charge in [-0.15, -0.1) is 0 Å². The van der Waals surface area contributed by atoms with E-state index in [9.17, 15) is 0 Å². The Morgan fingerprint density at radius 2 is 2.06 bits per heavy atom. The van der Waals surface area contributed by atoms with Crippen molar-refractivity contribution in [1.29, 1.82) is 0 Å². The van der Waals surface area contributed by atoms with Crippen LogP contribution in [0.25, 0.3) is 11.5 Å². The van der Waals surface area contributed by atoms with Gasteiger partial charge in [0, 0.05) is 18.5 Å². The van der Waals surface area contributed by atoms with E-state index in [0.29, 0.717) is 0 Å². The molecule has 0 atom stereocenters. The number of aryl methyl sites for hydroxylation is 1. The Labute approximate surface area is 94.5 Å². The third-order valence-electron chi connectivity index (χ3n) is 2.90. The summed E-state index contributed by atoms with van der Waals surface area (Å²) in [5, 5.41) is 3.28. The molecule has 82 valence electrons. The molecule has 3 rings (SSSR count). The van der Waals surface area contributed by atoms with Crippen molar-refractivity contribution < 1.29 is 4.42 Å². The summed E-state index contributed by atoms with van der Waals surface area (Å²) < 4.78 is 5.76. The van der Waals surface area contributed by atoms with Gasteiger partial charge in [-0.1, -0.05) is 17.7 Å². The van der Waals surface area contributed by atoms with Crippen molar-refractivity contribution in [2.24, 2.45) is 0 Å². The van der Waals surface area contributed by atoms with Gasteiger partial charge in [0.2, 0.25) is 5.89 Å². The molecule has 0 fully saturated rings. The van der Waals surface area contributed by atoms with Gasteiger partial charge in [0.15, 0.2) is 0 Å². The van der Waals surface area contributed by atoms with Crippen molar-refractivity contribution >= 4 is 0 Å². The lowest BCUT2D eigenvalue weighted by atomic mass is 10.1. The minimum atomic E-state index is 0.744. The standard InChI is InChI=1S/C13H14N2O/c1-9-2-4-10(5-3-9)13-15-11-6-7-14-8-12(11)16-13/h2-5,14H,6-8H2,1H3. The Morgan fingerprint density at radius 1 is 1.25 bits per heavy atom. The molecule has 1 aliphatic rings. The van der Waals surface area contributed by atoms with Crippen molar-refractivity contribution in [2.75, 3.05) is 6.54 Å². The molecule has 1 aromatic carbocycles. The van der Waals surface area contributed by atoms with Gasteiger partial charge in [-0.25, -0.2) is 4.98 Å². The molecule has 1 aromatic heterocycles. The molecule has 0 saturated heterocycles. The molecule has 2 aromatic rings. The molecule has 0 radical (unpaired) electrons. The van der Waals surface area contributed by atoms with E-state index in [1.54, 1.807) is 0 Å². The Morgan fingerprint density at radius 3 is 2.81 bits per heavy atom. The maximum absolute atomic E-state index is 5.76. The van der Waals surface area contributed by atoms with Gasteiger partial charge in [-0.2, -0.15) is 0 Å². The average Bonchev–Trinajstić information content (AvgIpc) is 2.73. The fraction of sp³-hybridized carbons (Fsp3) is 0.308. The Balaban J connectivity index is 2.00. The van der Waals surface area contributed by atoms with E-state index in [4.69, 9.17) is 4.42 Å². The zero-order valence-corrected chi connectivity index (χ0v) is 9.29. The van der Waals surface area contributed by atoms with E-state index >= 15 is 0 Å². The first-order valence-corrected chi connectivity index (χ1v) is 5.59. The quantitative estimate of drug-likeness (QED) is 0.791. The second kappa shape index (κ2) is 3.76. The van der Waals surface area contributed by atoms with E-state index in [0.717, 1.165) is 42.4 Å². The van der Waals surface area contributed by atoms with E-state index in [1.165, 1.54) is 5.56 Å². The highest BCUT2D eigenvalue weighted by Crippen LogP contribution is 2.23. The number of hydrogen-bond acceptors (Lipinski definition) is 3. The van der Waals surface area contributed by atoms with Crippen LogP contribution in [0.2, 0.25) is 0 Å². The van der Waals surface area contributed by atoms with E-state index in [2.05, 4.69) is 41.5 Å². The summed E-state index contributed by atoms with van der Waals surface area (Å²) in [5.74, 6) is 1.73. The van der Waals surface area contributed by atoms with Crippen molar-refractivity contribution in [2.45, 2.75) is 19.9 Å². The smallest absolute Gasteiger partial charge is 0.226 e. The minimum Gasteiger partial charge on any atom is -0.440 e. The summed E-state index contributed by atoms with van der Waals surface area (Å²) in [6.07, 6.45) is 0.963. The molecule has 0 saturated carbocycles. The fourth-order valence-electron chi connectivity index (χ4n) is 1.95. The van der Waals surface area contributed by atoms with Gasteiger partial charge in [0.25, 0.3) is 0 Å². The number of hydrogen-bond donors (Lipinski definition) is 1. The number of aromatic nitrogens is 1. The van der Waals surface area contributed by atoms with Crippen LogP contribution in [0.5, 0.6) is 0 Å². The topological polar surface area (TPSA) is 38.1 Å². The zero-order valence-electron chi connectivity index (χ0n) is 9.29. The van der Waals surface area contributed by atoms with Crippen LogP contribution in [0.1, 0.15) is 17.0 Å². The molecule has 0 spiro atoms. The first-order valence-electron chi connectivity index (χ1n) is 5.59. The highest BCUT2D eigenvalue weighted by Gasteiger charge is 2.17. The van der Waals surface area contributed by atoms with Gasteiger partial charge in [0.1, 0.15) is 5.76 Å². The second-order valence-corrected chi connectivity index (χ2v) is 4.18. The van der Waals surface area contributed by atoms with Crippen LogP contribution >= 0.6 is 0 Å². The van der Waals surface area contributed by atoms with E-state index < -0.39 is 0 Å². The lowest BCUT2D eigenvalue weighted by molar-refractivity contribution is 0.472. The largest absolute Gasteiger partial charge is 0.440 e. The number of benzene rings is 1. The molecule has 2 heterocycles. The normalized spacial score (nSPS) is 14.8. The Hall–Kier alpha value is -1.61. The number of fused-ring (bicyclic) bond motifs is 1. The number of rotatable bonds is 1. The van der Waals surface area contributed by atoms with Gasteiger partial charge in [-0.3, -0.25) is 0 Å². The van der Waals surface area contributed by atoms with Crippen LogP contribution < -0.4 is 5.32 Å². The second-order valence-electron chi connectivity index (χ2n) is 4.18. The molecule has 3 heteroatoms. The lowest BCUT2D eigenvalue weighted by Crippen LogP contribution is -2.22. The zero-order chi connectivity index (χ0) is 11.0. The minimum absolute atomic E-state index is 0.744. The summed E-state index contributed by atoms with van der Waals surface area (Å²) in [7, 11) is 0. The highest BCUT2D eigenvalue weighted by molar-refractivity contribution is 5.54. The maximum atomic E-state index is 5.76. The molecule has 3 nitrogen and oxygen atoms in total. The van der Waals surface area contributed by atoms with Gasteiger partial charge in [-0.05, 0) is 19.1 Å². The number of nitrogens with one attached hydrogen (secondary N) is 1. The molecule has 1 aliphatic heterocycles. The van der Waals surface area contributed by atoms with Crippen molar-refractivity contribution in [1.82, 2.24) is 10.3 Å². The van der Waals surface area contributed by atoms with Crippen molar-refractivity contribution in [3.8, 4) is 11.5 Å². The van der Waals surface area contributed by atoms with Gasteiger partial charge >= 0.3 is 0 Å². The van der Waals surface area contributed by atoms with E-state index in [1.807, 2.05) is 0 Å². The third kappa shape index (κ3) is 1.63. The van der Waals surface area contributed by atoms with Crippen LogP contribution in [0.4, 0.5) is 0 Å². The number of oxazole rings is 1. The van der Waals surface area contributed by atoms with Crippen molar-refractivity contribution in [3.05, 3.63) is 41.3 Å². The average molecular weight is 214 g/mol. The highest BCUT2D eigenvalue weighted by atomic mass is 16.4. The number of nitrogens with zero attached hydrogens (tertiary/aromatic N) is 1. The first kappa shape index (κ1) is 9.60. The maximum Gasteiger partial charge on any atom is 0.226 e. The van der Waals surface area contributed by atoms with Crippen LogP contribution in [-0.4, -0.2) is 11.5 Å². The van der Waals surface area contributed by atoms with Gasteiger partial charge in [0.05, 0.1) is 12.2 Å². The van der Waals surface area contributed by atoms with Crippen LogP contribution in [0.15, 0.2) is 28.7 Å². The molecular weight excluding hydrogens is 200 g/mol. The summed E-state index contributed by atoms with van der Waals surface area (Å²) >= 11 is 0. The van der Waals surface area contributed by atoms with Gasteiger partial charge < -0.3 is 9.73 Å². The van der Waals surface area contributed by atoms with E-state index in [-0.39, 0.29) is 0 Å². The third-order valence-corrected chi connectivity index (χ3v) is 2.90. The molecule has 1 N–H and O–H groups in total. The monoisotopic (exact) mass is 214 g/mol. The molecule has 0 unspecified atom stereocenters. The summed E-state index contributed by atoms with van der Waals surface area (Å²) in [4.78, 5) is 4.54. The molecular formula is C13H14N2O.